The Labute approximate surface area is 97.3 Å². The highest BCUT2D eigenvalue weighted by atomic mass is 35.5. The van der Waals surface area contributed by atoms with Gasteiger partial charge in [-0.25, -0.2) is 4.98 Å². The lowest BCUT2D eigenvalue weighted by Gasteiger charge is -2.02. The van der Waals surface area contributed by atoms with Crippen molar-refractivity contribution in [1.29, 1.82) is 0 Å². The van der Waals surface area contributed by atoms with Crippen LogP contribution in [-0.4, -0.2) is 15.9 Å². The van der Waals surface area contributed by atoms with E-state index in [0.29, 0.717) is 10.8 Å². The number of nitrogens with zero attached hydrogens (tertiary/aromatic N) is 2. The molecule has 0 radical (unpaired) electrons. The minimum Gasteiger partial charge on any atom is -0.305 e. The van der Waals surface area contributed by atoms with Crippen LogP contribution in [0.3, 0.4) is 0 Å². The molecule has 0 aliphatic rings. The van der Waals surface area contributed by atoms with Crippen LogP contribution >= 0.6 is 11.6 Å². The van der Waals surface area contributed by atoms with Crippen molar-refractivity contribution < 1.29 is 4.79 Å². The Morgan fingerprint density at radius 1 is 1.19 bits per heavy atom. The molecular weight excluding hydrogens is 226 g/mol. The number of aromatic nitrogens is 2. The zero-order valence-electron chi connectivity index (χ0n) is 8.22. The lowest BCUT2D eigenvalue weighted by Crippen LogP contribution is -2.14. The molecule has 2 aromatic rings. The molecule has 4 nitrogen and oxygen atoms in total. The molecule has 2 rings (SSSR count). The van der Waals surface area contributed by atoms with Gasteiger partial charge in [0.15, 0.2) is 0 Å². The average Bonchev–Trinajstić information content (AvgIpc) is 2.30. The monoisotopic (exact) mass is 233 g/mol. The van der Waals surface area contributed by atoms with Crippen molar-refractivity contribution in [1.82, 2.24) is 9.97 Å². The third-order valence-electron chi connectivity index (χ3n) is 1.86. The average molecular weight is 234 g/mol. The van der Waals surface area contributed by atoms with Crippen molar-refractivity contribution in [3.8, 4) is 0 Å². The number of pyridine rings is 2. The Morgan fingerprint density at radius 3 is 2.75 bits per heavy atom. The molecule has 1 N–H and O–H groups in total. The first kappa shape index (κ1) is 10.6. The number of nitrogens with one attached hydrogen (secondary N) is 1. The van der Waals surface area contributed by atoms with Crippen molar-refractivity contribution in [2.24, 2.45) is 0 Å². The summed E-state index contributed by atoms with van der Waals surface area (Å²) in [5, 5.41) is 3.09. The molecule has 0 unspecified atom stereocenters. The van der Waals surface area contributed by atoms with Gasteiger partial charge in [-0.15, -0.1) is 0 Å². The van der Waals surface area contributed by atoms with Crippen LogP contribution in [0.4, 0.5) is 5.82 Å². The molecular formula is C11H8ClN3O. The number of anilines is 1. The Hall–Kier alpha value is -1.94. The van der Waals surface area contributed by atoms with E-state index in [-0.39, 0.29) is 11.6 Å². The van der Waals surface area contributed by atoms with Gasteiger partial charge in [-0.05, 0) is 24.3 Å². The number of amides is 1. The molecule has 0 fully saturated rings. The van der Waals surface area contributed by atoms with Gasteiger partial charge >= 0.3 is 0 Å². The van der Waals surface area contributed by atoms with Crippen LogP contribution in [0.15, 0.2) is 42.7 Å². The van der Waals surface area contributed by atoms with E-state index in [1.54, 1.807) is 30.5 Å². The van der Waals surface area contributed by atoms with E-state index >= 15 is 0 Å². The SMILES string of the molecule is O=C(Nc1ccccn1)c1cc(Cl)ccn1. The van der Waals surface area contributed by atoms with Crippen LogP contribution < -0.4 is 5.32 Å². The maximum atomic E-state index is 11.7. The van der Waals surface area contributed by atoms with Crippen molar-refractivity contribution in [2.75, 3.05) is 5.32 Å². The predicted molar refractivity (Wildman–Crippen MR) is 61.4 cm³/mol. The summed E-state index contributed by atoms with van der Waals surface area (Å²) in [5.74, 6) is 0.149. The van der Waals surface area contributed by atoms with Crippen LogP contribution in [0.2, 0.25) is 5.02 Å². The number of hydrogen-bond acceptors (Lipinski definition) is 3. The Morgan fingerprint density at radius 2 is 2.06 bits per heavy atom. The molecule has 0 atom stereocenters. The number of carbonyl (C=O) groups is 1. The topological polar surface area (TPSA) is 54.9 Å². The number of rotatable bonds is 2. The molecule has 1 amide bonds. The van der Waals surface area contributed by atoms with Gasteiger partial charge in [0, 0.05) is 17.4 Å². The van der Waals surface area contributed by atoms with Gasteiger partial charge in [0.1, 0.15) is 11.5 Å². The Bertz CT molecular complexity index is 502. The van der Waals surface area contributed by atoms with E-state index in [0.717, 1.165) is 0 Å². The molecule has 5 heteroatoms. The molecule has 0 bridgehead atoms. The molecule has 0 aliphatic heterocycles. The zero-order valence-corrected chi connectivity index (χ0v) is 8.98. The first-order valence-corrected chi connectivity index (χ1v) is 4.97. The van der Waals surface area contributed by atoms with Gasteiger partial charge in [-0.2, -0.15) is 0 Å². The van der Waals surface area contributed by atoms with Gasteiger partial charge in [0.25, 0.3) is 5.91 Å². The van der Waals surface area contributed by atoms with Crippen molar-refractivity contribution >= 4 is 23.3 Å². The van der Waals surface area contributed by atoms with Crippen molar-refractivity contribution in [3.63, 3.8) is 0 Å². The Balaban J connectivity index is 2.15. The van der Waals surface area contributed by atoms with E-state index in [1.165, 1.54) is 12.3 Å². The summed E-state index contributed by atoms with van der Waals surface area (Å²) in [6.45, 7) is 0. The standard InChI is InChI=1S/C11H8ClN3O/c12-8-4-6-13-9(7-8)11(16)15-10-3-1-2-5-14-10/h1-7H,(H,14,15,16). The van der Waals surface area contributed by atoms with Crippen molar-refractivity contribution in [3.05, 3.63) is 53.4 Å². The van der Waals surface area contributed by atoms with Crippen LogP contribution in [0.5, 0.6) is 0 Å². The first-order valence-electron chi connectivity index (χ1n) is 4.59. The second-order valence-electron chi connectivity index (χ2n) is 3.03. The van der Waals surface area contributed by atoms with Crippen LogP contribution in [0, 0.1) is 0 Å². The molecule has 0 aromatic carbocycles. The second kappa shape index (κ2) is 4.72. The van der Waals surface area contributed by atoms with E-state index in [1.807, 2.05) is 0 Å². The van der Waals surface area contributed by atoms with Gasteiger partial charge in [0.05, 0.1) is 0 Å². The summed E-state index contributed by atoms with van der Waals surface area (Å²) < 4.78 is 0. The molecule has 0 spiro atoms. The molecule has 0 saturated carbocycles. The first-order chi connectivity index (χ1) is 7.75. The normalized spacial score (nSPS) is 9.81. The fraction of sp³-hybridized carbons (Fsp3) is 0. The molecule has 0 aliphatic carbocycles. The second-order valence-corrected chi connectivity index (χ2v) is 3.46. The lowest BCUT2D eigenvalue weighted by atomic mass is 10.3. The lowest BCUT2D eigenvalue weighted by molar-refractivity contribution is 0.102. The van der Waals surface area contributed by atoms with E-state index < -0.39 is 0 Å². The smallest absolute Gasteiger partial charge is 0.275 e. The largest absolute Gasteiger partial charge is 0.305 e. The quantitative estimate of drug-likeness (QED) is 0.867. The highest BCUT2D eigenvalue weighted by Crippen LogP contribution is 2.09. The molecule has 2 heterocycles. The highest BCUT2D eigenvalue weighted by Gasteiger charge is 2.07. The van der Waals surface area contributed by atoms with Crippen molar-refractivity contribution in [2.45, 2.75) is 0 Å². The fourth-order valence-corrected chi connectivity index (χ4v) is 1.31. The maximum Gasteiger partial charge on any atom is 0.275 e. The van der Waals surface area contributed by atoms with Gasteiger partial charge in [0.2, 0.25) is 0 Å². The summed E-state index contributed by atoms with van der Waals surface area (Å²) in [4.78, 5) is 19.6. The zero-order chi connectivity index (χ0) is 11.4. The summed E-state index contributed by atoms with van der Waals surface area (Å²) in [6, 6.07) is 8.36. The van der Waals surface area contributed by atoms with Gasteiger partial charge in [-0.1, -0.05) is 17.7 Å². The molecule has 0 saturated heterocycles. The maximum absolute atomic E-state index is 11.7. The number of halogens is 1. The van der Waals surface area contributed by atoms with E-state index in [2.05, 4.69) is 15.3 Å². The molecule has 16 heavy (non-hydrogen) atoms. The number of carbonyl (C=O) groups excluding carboxylic acids is 1. The summed E-state index contributed by atoms with van der Waals surface area (Å²) in [5.41, 5.74) is 0.262. The fourth-order valence-electron chi connectivity index (χ4n) is 1.15. The highest BCUT2D eigenvalue weighted by molar-refractivity contribution is 6.30. The van der Waals surface area contributed by atoms with Crippen LogP contribution in [-0.2, 0) is 0 Å². The van der Waals surface area contributed by atoms with Crippen LogP contribution in [0.25, 0.3) is 0 Å². The third-order valence-corrected chi connectivity index (χ3v) is 2.10. The van der Waals surface area contributed by atoms with Crippen LogP contribution in [0.1, 0.15) is 10.5 Å². The number of hydrogen-bond donors (Lipinski definition) is 1. The van der Waals surface area contributed by atoms with Gasteiger partial charge < -0.3 is 5.32 Å². The van der Waals surface area contributed by atoms with E-state index in [4.69, 9.17) is 11.6 Å². The van der Waals surface area contributed by atoms with Gasteiger partial charge in [-0.3, -0.25) is 9.78 Å². The minimum absolute atomic E-state index is 0.262. The Kier molecular flexibility index (Phi) is 3.12. The summed E-state index contributed by atoms with van der Waals surface area (Å²) in [7, 11) is 0. The summed E-state index contributed by atoms with van der Waals surface area (Å²) in [6.07, 6.45) is 3.08. The molecule has 2 aromatic heterocycles. The minimum atomic E-state index is -0.332. The molecule has 80 valence electrons. The van der Waals surface area contributed by atoms with E-state index in [9.17, 15) is 4.79 Å². The predicted octanol–water partition coefficient (Wildman–Crippen LogP) is 2.38. The summed E-state index contributed by atoms with van der Waals surface area (Å²) >= 11 is 5.76. The third kappa shape index (κ3) is 2.55.